The third-order valence-corrected chi connectivity index (χ3v) is 3.24. The SMILES string of the molecule is CCC(N)C(c1ccc(C)o1)N(CC)CCC#N. The molecule has 2 N–H and O–H groups in total. The third-order valence-electron chi connectivity index (χ3n) is 3.24. The van der Waals surface area contributed by atoms with Gasteiger partial charge in [-0.05, 0) is 32.0 Å². The fraction of sp³-hybridized carbons (Fsp3) is 0.643. The van der Waals surface area contributed by atoms with Gasteiger partial charge in [-0.25, -0.2) is 0 Å². The predicted molar refractivity (Wildman–Crippen MR) is 71.9 cm³/mol. The number of likely N-dealkylation sites (N-methyl/N-ethyl adjacent to an activating group) is 1. The molecule has 0 saturated heterocycles. The second kappa shape index (κ2) is 7.20. The molecule has 1 heterocycles. The molecule has 0 bridgehead atoms. The maximum Gasteiger partial charge on any atom is 0.122 e. The average molecular weight is 249 g/mol. The lowest BCUT2D eigenvalue weighted by molar-refractivity contribution is 0.157. The molecule has 0 spiro atoms. The minimum absolute atomic E-state index is 0.0224. The summed E-state index contributed by atoms with van der Waals surface area (Å²) in [4.78, 5) is 2.22. The van der Waals surface area contributed by atoms with Crippen LogP contribution in [0.4, 0.5) is 0 Å². The molecular weight excluding hydrogens is 226 g/mol. The third kappa shape index (κ3) is 3.59. The minimum atomic E-state index is 0.0224. The summed E-state index contributed by atoms with van der Waals surface area (Å²) in [5.74, 6) is 1.80. The van der Waals surface area contributed by atoms with E-state index in [4.69, 9.17) is 15.4 Å². The number of nitrogens with zero attached hydrogens (tertiary/aromatic N) is 2. The molecule has 1 aromatic heterocycles. The number of nitriles is 1. The Balaban J connectivity index is 2.93. The van der Waals surface area contributed by atoms with Crippen LogP contribution >= 0.6 is 0 Å². The molecule has 0 saturated carbocycles. The Morgan fingerprint density at radius 3 is 2.61 bits per heavy atom. The van der Waals surface area contributed by atoms with Gasteiger partial charge in [0, 0.05) is 19.0 Å². The number of hydrogen-bond acceptors (Lipinski definition) is 4. The van der Waals surface area contributed by atoms with Crippen LogP contribution in [-0.2, 0) is 0 Å². The lowest BCUT2D eigenvalue weighted by Crippen LogP contribution is -2.41. The summed E-state index contributed by atoms with van der Waals surface area (Å²) < 4.78 is 5.73. The second-order valence-electron chi connectivity index (χ2n) is 4.50. The number of furan rings is 1. The van der Waals surface area contributed by atoms with E-state index in [1.54, 1.807) is 0 Å². The zero-order chi connectivity index (χ0) is 13.5. The van der Waals surface area contributed by atoms with Crippen molar-refractivity contribution < 1.29 is 4.42 Å². The number of rotatable bonds is 7. The van der Waals surface area contributed by atoms with Crippen molar-refractivity contribution >= 4 is 0 Å². The van der Waals surface area contributed by atoms with Crippen molar-refractivity contribution in [3.05, 3.63) is 23.7 Å². The highest BCUT2D eigenvalue weighted by atomic mass is 16.3. The van der Waals surface area contributed by atoms with Gasteiger partial charge in [-0.3, -0.25) is 4.90 Å². The van der Waals surface area contributed by atoms with E-state index in [9.17, 15) is 0 Å². The number of hydrogen-bond donors (Lipinski definition) is 1. The van der Waals surface area contributed by atoms with Crippen molar-refractivity contribution in [2.24, 2.45) is 5.73 Å². The molecule has 0 fully saturated rings. The topological polar surface area (TPSA) is 66.2 Å². The molecule has 2 unspecified atom stereocenters. The summed E-state index contributed by atoms with van der Waals surface area (Å²) >= 11 is 0. The second-order valence-corrected chi connectivity index (χ2v) is 4.50. The van der Waals surface area contributed by atoms with Crippen molar-refractivity contribution in [2.75, 3.05) is 13.1 Å². The molecule has 1 aromatic rings. The van der Waals surface area contributed by atoms with Crippen LogP contribution in [0.5, 0.6) is 0 Å². The highest BCUT2D eigenvalue weighted by Gasteiger charge is 2.27. The van der Waals surface area contributed by atoms with E-state index in [1.807, 2.05) is 19.1 Å². The van der Waals surface area contributed by atoms with Crippen LogP contribution in [0.1, 0.15) is 44.3 Å². The van der Waals surface area contributed by atoms with Crippen molar-refractivity contribution in [1.82, 2.24) is 4.90 Å². The van der Waals surface area contributed by atoms with Crippen LogP contribution in [0, 0.1) is 18.3 Å². The summed E-state index contributed by atoms with van der Waals surface area (Å²) in [7, 11) is 0. The number of aryl methyl sites for hydroxylation is 1. The standard InChI is InChI=1S/C14H23N3O/c1-4-12(16)14(13-8-7-11(3)18-13)17(5-2)10-6-9-15/h7-8,12,14H,4-6,10,16H2,1-3H3. The Morgan fingerprint density at radius 2 is 2.17 bits per heavy atom. The first-order valence-corrected chi connectivity index (χ1v) is 6.56. The average Bonchev–Trinajstić information content (AvgIpc) is 2.79. The molecular formula is C14H23N3O. The van der Waals surface area contributed by atoms with Gasteiger partial charge in [0.15, 0.2) is 0 Å². The smallest absolute Gasteiger partial charge is 0.122 e. The Kier molecular flexibility index (Phi) is 5.90. The van der Waals surface area contributed by atoms with Crippen LogP contribution < -0.4 is 5.73 Å². The first-order chi connectivity index (χ1) is 8.63. The van der Waals surface area contributed by atoms with Gasteiger partial charge in [0.05, 0.1) is 12.1 Å². The highest BCUT2D eigenvalue weighted by molar-refractivity contribution is 5.12. The van der Waals surface area contributed by atoms with E-state index in [2.05, 4.69) is 24.8 Å². The molecule has 1 rings (SSSR count). The Bertz CT molecular complexity index is 394. The molecule has 18 heavy (non-hydrogen) atoms. The molecule has 100 valence electrons. The molecule has 4 nitrogen and oxygen atoms in total. The normalized spacial score (nSPS) is 14.4. The molecule has 0 aliphatic rings. The summed E-state index contributed by atoms with van der Waals surface area (Å²) in [5, 5.41) is 8.73. The van der Waals surface area contributed by atoms with Gasteiger partial charge in [0.1, 0.15) is 11.5 Å². The van der Waals surface area contributed by atoms with E-state index in [-0.39, 0.29) is 12.1 Å². The Hall–Kier alpha value is -1.31. The Labute approximate surface area is 109 Å². The maximum absolute atomic E-state index is 8.73. The van der Waals surface area contributed by atoms with Gasteiger partial charge in [-0.1, -0.05) is 13.8 Å². The largest absolute Gasteiger partial charge is 0.465 e. The van der Waals surface area contributed by atoms with Gasteiger partial charge in [-0.2, -0.15) is 5.26 Å². The van der Waals surface area contributed by atoms with Crippen LogP contribution in [0.15, 0.2) is 16.5 Å². The van der Waals surface area contributed by atoms with Gasteiger partial charge in [0.2, 0.25) is 0 Å². The fourth-order valence-electron chi connectivity index (χ4n) is 2.18. The maximum atomic E-state index is 8.73. The monoisotopic (exact) mass is 249 g/mol. The van der Waals surface area contributed by atoms with E-state index in [1.165, 1.54) is 0 Å². The summed E-state index contributed by atoms with van der Waals surface area (Å²) in [6.45, 7) is 7.68. The molecule has 0 aliphatic carbocycles. The first-order valence-electron chi connectivity index (χ1n) is 6.56. The quantitative estimate of drug-likeness (QED) is 0.806. The van der Waals surface area contributed by atoms with E-state index in [0.29, 0.717) is 6.42 Å². The first kappa shape index (κ1) is 14.7. The van der Waals surface area contributed by atoms with Gasteiger partial charge in [0.25, 0.3) is 0 Å². The molecule has 4 heteroatoms. The van der Waals surface area contributed by atoms with Gasteiger partial charge < -0.3 is 10.2 Å². The summed E-state index contributed by atoms with van der Waals surface area (Å²) in [5.41, 5.74) is 6.22. The highest BCUT2D eigenvalue weighted by Crippen LogP contribution is 2.26. The molecule has 2 atom stereocenters. The van der Waals surface area contributed by atoms with E-state index >= 15 is 0 Å². The van der Waals surface area contributed by atoms with Crippen molar-refractivity contribution in [1.29, 1.82) is 5.26 Å². The summed E-state index contributed by atoms with van der Waals surface area (Å²) in [6, 6.07) is 6.22. The number of nitrogens with two attached hydrogens (primary N) is 1. The lowest BCUT2D eigenvalue weighted by Gasteiger charge is -2.32. The van der Waals surface area contributed by atoms with Gasteiger partial charge >= 0.3 is 0 Å². The Morgan fingerprint density at radius 1 is 1.44 bits per heavy atom. The molecule has 0 aliphatic heterocycles. The molecule has 0 aromatic carbocycles. The van der Waals surface area contributed by atoms with Crippen LogP contribution in [0.25, 0.3) is 0 Å². The minimum Gasteiger partial charge on any atom is -0.465 e. The fourth-order valence-corrected chi connectivity index (χ4v) is 2.18. The van der Waals surface area contributed by atoms with E-state index < -0.39 is 0 Å². The zero-order valence-electron chi connectivity index (χ0n) is 11.5. The zero-order valence-corrected chi connectivity index (χ0v) is 11.5. The predicted octanol–water partition coefficient (Wildman–Crippen LogP) is 2.60. The van der Waals surface area contributed by atoms with E-state index in [0.717, 1.165) is 31.0 Å². The van der Waals surface area contributed by atoms with Crippen molar-refractivity contribution in [3.8, 4) is 6.07 Å². The molecule has 0 amide bonds. The van der Waals surface area contributed by atoms with Crippen LogP contribution in [-0.4, -0.2) is 24.0 Å². The lowest BCUT2D eigenvalue weighted by atomic mass is 10.0. The molecule has 0 radical (unpaired) electrons. The summed E-state index contributed by atoms with van der Waals surface area (Å²) in [6.07, 6.45) is 1.40. The van der Waals surface area contributed by atoms with Gasteiger partial charge in [-0.15, -0.1) is 0 Å². The van der Waals surface area contributed by atoms with Crippen LogP contribution in [0.3, 0.4) is 0 Å². The van der Waals surface area contributed by atoms with Crippen molar-refractivity contribution in [3.63, 3.8) is 0 Å². The van der Waals surface area contributed by atoms with Crippen LogP contribution in [0.2, 0.25) is 0 Å². The van der Waals surface area contributed by atoms with Crippen molar-refractivity contribution in [2.45, 2.75) is 45.7 Å².